The first-order valence-corrected chi connectivity index (χ1v) is 12.8. The number of sulfonamides is 1. The Morgan fingerprint density at radius 2 is 1.83 bits per heavy atom. The lowest BCUT2D eigenvalue weighted by molar-refractivity contribution is 0.122. The number of hydrogen-bond acceptors (Lipinski definition) is 8. The average molecular weight is 508 g/mol. The number of methoxy groups -OCH3 is 1. The van der Waals surface area contributed by atoms with Gasteiger partial charge in [0.2, 0.25) is 10.0 Å². The van der Waals surface area contributed by atoms with Gasteiger partial charge in [-0.1, -0.05) is 0 Å². The van der Waals surface area contributed by atoms with Gasteiger partial charge >= 0.3 is 0 Å². The number of benzene rings is 2. The molecule has 0 saturated carbocycles. The van der Waals surface area contributed by atoms with Crippen LogP contribution < -0.4 is 25.7 Å². The first-order chi connectivity index (χ1) is 17.3. The van der Waals surface area contributed by atoms with E-state index >= 15 is 0 Å². The Morgan fingerprint density at radius 3 is 2.53 bits per heavy atom. The predicted octanol–water partition coefficient (Wildman–Crippen LogP) is 2.83. The number of nitrogens with one attached hydrogen (secondary N) is 2. The minimum atomic E-state index is -4.03. The number of anilines is 3. The Bertz CT molecular complexity index is 1580. The molecule has 0 amide bonds. The van der Waals surface area contributed by atoms with Gasteiger partial charge in [-0.05, 0) is 60.0 Å². The van der Waals surface area contributed by atoms with Crippen LogP contribution in [0.1, 0.15) is 0 Å². The van der Waals surface area contributed by atoms with Crippen molar-refractivity contribution in [3.05, 3.63) is 71.1 Å². The van der Waals surface area contributed by atoms with Crippen LogP contribution >= 0.6 is 0 Å². The maximum atomic E-state index is 12.7. The van der Waals surface area contributed by atoms with Gasteiger partial charge in [-0.25, -0.2) is 18.5 Å². The maximum absolute atomic E-state index is 12.7. The zero-order chi connectivity index (χ0) is 25.3. The molecule has 10 nitrogen and oxygen atoms in total. The first kappa shape index (κ1) is 23.8. The van der Waals surface area contributed by atoms with Crippen LogP contribution in [0.3, 0.4) is 0 Å². The highest BCUT2D eigenvalue weighted by Crippen LogP contribution is 2.32. The van der Waals surface area contributed by atoms with E-state index in [1.807, 2.05) is 24.3 Å². The summed E-state index contributed by atoms with van der Waals surface area (Å²) in [6, 6.07) is 16.0. The molecule has 4 N–H and O–H groups in total. The van der Waals surface area contributed by atoms with Crippen molar-refractivity contribution in [1.82, 2.24) is 9.97 Å². The number of morpholine rings is 1. The van der Waals surface area contributed by atoms with E-state index in [1.165, 1.54) is 19.2 Å². The quantitative estimate of drug-likeness (QED) is 0.362. The third-order valence-electron chi connectivity index (χ3n) is 6.03. The molecule has 5 rings (SSSR count). The van der Waals surface area contributed by atoms with Crippen molar-refractivity contribution >= 4 is 38.0 Å². The van der Waals surface area contributed by atoms with E-state index in [4.69, 9.17) is 14.6 Å². The highest BCUT2D eigenvalue weighted by Gasteiger charge is 2.18. The minimum Gasteiger partial charge on any atom is -0.495 e. The fraction of sp³-hybridized carbons (Fsp3) is 0.200. The molecule has 36 heavy (non-hydrogen) atoms. The summed E-state index contributed by atoms with van der Waals surface area (Å²) in [5, 5.41) is 9.68. The van der Waals surface area contributed by atoms with Gasteiger partial charge in [-0.2, -0.15) is 0 Å². The van der Waals surface area contributed by atoms with Crippen LogP contribution in [-0.4, -0.2) is 51.8 Å². The van der Waals surface area contributed by atoms with Crippen LogP contribution in [-0.2, 0) is 14.8 Å². The average Bonchev–Trinajstić information content (AvgIpc) is 2.88. The summed E-state index contributed by atoms with van der Waals surface area (Å²) in [5.74, 6) is 0.480. The SMILES string of the molecule is COc1ccc(-c2cc3cc[nH]c(=O)c3c(Nc3ccc(N4CCOCC4)cc3)n2)cc1S(N)(=O)=O. The van der Waals surface area contributed by atoms with Crippen molar-refractivity contribution in [3.8, 4) is 17.0 Å². The van der Waals surface area contributed by atoms with Crippen LogP contribution in [0.15, 0.2) is 70.5 Å². The highest BCUT2D eigenvalue weighted by molar-refractivity contribution is 7.89. The number of H-pyrrole nitrogens is 1. The number of fused-ring (bicyclic) bond motifs is 1. The molecule has 4 aromatic rings. The van der Waals surface area contributed by atoms with Crippen LogP contribution in [0.4, 0.5) is 17.2 Å². The summed E-state index contributed by atoms with van der Waals surface area (Å²) in [5.41, 5.74) is 2.52. The van der Waals surface area contributed by atoms with Gasteiger partial charge in [0.1, 0.15) is 16.5 Å². The standard InChI is InChI=1S/C25H25N5O5S/c1-34-21-7-2-16(15-22(21)36(26,32)33)20-14-17-8-9-27-25(31)23(17)24(29-20)28-18-3-5-19(6-4-18)30-10-12-35-13-11-30/h2-9,14-15H,10-13H2,1H3,(H,27,31)(H,28,29)(H2,26,32,33). The van der Waals surface area contributed by atoms with Crippen LogP contribution in [0, 0.1) is 0 Å². The molecule has 1 aliphatic rings. The lowest BCUT2D eigenvalue weighted by Gasteiger charge is -2.28. The smallest absolute Gasteiger partial charge is 0.259 e. The van der Waals surface area contributed by atoms with Gasteiger partial charge in [0.05, 0.1) is 31.4 Å². The van der Waals surface area contributed by atoms with E-state index in [9.17, 15) is 13.2 Å². The molecule has 2 aromatic carbocycles. The molecular formula is C25H25N5O5S. The highest BCUT2D eigenvalue weighted by atomic mass is 32.2. The van der Waals surface area contributed by atoms with E-state index in [1.54, 1.807) is 24.4 Å². The molecule has 0 atom stereocenters. The summed E-state index contributed by atoms with van der Waals surface area (Å²) in [6.45, 7) is 3.06. The Labute approximate surface area is 207 Å². The molecule has 11 heteroatoms. The minimum absolute atomic E-state index is 0.136. The number of pyridine rings is 2. The van der Waals surface area contributed by atoms with Crippen molar-refractivity contribution in [2.24, 2.45) is 5.14 Å². The third-order valence-corrected chi connectivity index (χ3v) is 6.96. The van der Waals surface area contributed by atoms with E-state index in [0.717, 1.165) is 24.5 Å². The molecule has 2 aromatic heterocycles. The Hall–Kier alpha value is -3.93. The number of rotatable bonds is 6. The Balaban J connectivity index is 1.56. The summed E-state index contributed by atoms with van der Waals surface area (Å²) >= 11 is 0. The fourth-order valence-electron chi connectivity index (χ4n) is 4.22. The normalized spacial score (nSPS) is 14.1. The molecule has 0 unspecified atom stereocenters. The summed E-state index contributed by atoms with van der Waals surface area (Å²) in [4.78, 5) is 22.2. The Kier molecular flexibility index (Phi) is 6.35. The van der Waals surface area contributed by atoms with E-state index in [2.05, 4.69) is 20.2 Å². The van der Waals surface area contributed by atoms with E-state index in [0.29, 0.717) is 41.1 Å². The molecule has 1 fully saturated rings. The number of aromatic nitrogens is 2. The molecular weight excluding hydrogens is 482 g/mol. The third kappa shape index (κ3) is 4.76. The van der Waals surface area contributed by atoms with E-state index in [-0.39, 0.29) is 16.2 Å². The number of nitrogens with zero attached hydrogens (tertiary/aromatic N) is 2. The van der Waals surface area contributed by atoms with Crippen molar-refractivity contribution in [3.63, 3.8) is 0 Å². The van der Waals surface area contributed by atoms with Crippen molar-refractivity contribution in [1.29, 1.82) is 0 Å². The molecule has 1 saturated heterocycles. The maximum Gasteiger partial charge on any atom is 0.259 e. The molecule has 186 valence electrons. The molecule has 0 radical (unpaired) electrons. The molecule has 0 bridgehead atoms. The Morgan fingerprint density at radius 1 is 1.08 bits per heavy atom. The van der Waals surface area contributed by atoms with E-state index < -0.39 is 10.0 Å². The molecule has 0 spiro atoms. The van der Waals surface area contributed by atoms with Crippen molar-refractivity contribution < 1.29 is 17.9 Å². The van der Waals surface area contributed by atoms with Crippen LogP contribution in [0.25, 0.3) is 22.0 Å². The first-order valence-electron chi connectivity index (χ1n) is 11.3. The van der Waals surface area contributed by atoms with Gasteiger partial charge in [-0.3, -0.25) is 4.79 Å². The molecule has 0 aliphatic carbocycles. The predicted molar refractivity (Wildman–Crippen MR) is 138 cm³/mol. The lowest BCUT2D eigenvalue weighted by atomic mass is 10.1. The van der Waals surface area contributed by atoms with Crippen molar-refractivity contribution in [2.45, 2.75) is 4.90 Å². The van der Waals surface area contributed by atoms with Gasteiger partial charge in [-0.15, -0.1) is 0 Å². The van der Waals surface area contributed by atoms with Crippen LogP contribution in [0.2, 0.25) is 0 Å². The topological polar surface area (TPSA) is 140 Å². The zero-order valence-corrected chi connectivity index (χ0v) is 20.3. The van der Waals surface area contributed by atoms with Crippen LogP contribution in [0.5, 0.6) is 5.75 Å². The summed E-state index contributed by atoms with van der Waals surface area (Å²) in [6.07, 6.45) is 1.55. The molecule has 3 heterocycles. The summed E-state index contributed by atoms with van der Waals surface area (Å²) < 4.78 is 34.8. The van der Waals surface area contributed by atoms with Crippen molar-refractivity contribution in [2.75, 3.05) is 43.6 Å². The van der Waals surface area contributed by atoms with Gasteiger partial charge in [0.25, 0.3) is 5.56 Å². The fourth-order valence-corrected chi connectivity index (χ4v) is 4.95. The second kappa shape index (κ2) is 9.61. The summed E-state index contributed by atoms with van der Waals surface area (Å²) in [7, 11) is -2.66. The number of nitrogens with two attached hydrogens (primary N) is 1. The van der Waals surface area contributed by atoms with Gasteiger partial charge in [0.15, 0.2) is 0 Å². The lowest BCUT2D eigenvalue weighted by Crippen LogP contribution is -2.36. The number of aromatic amines is 1. The number of primary sulfonamides is 1. The zero-order valence-electron chi connectivity index (χ0n) is 19.5. The number of hydrogen-bond donors (Lipinski definition) is 3. The van der Waals surface area contributed by atoms with Gasteiger partial charge in [0, 0.05) is 36.2 Å². The molecule has 1 aliphatic heterocycles. The number of ether oxygens (including phenoxy) is 2. The second-order valence-corrected chi connectivity index (χ2v) is 9.84. The monoisotopic (exact) mass is 507 g/mol. The second-order valence-electron chi connectivity index (χ2n) is 8.31. The largest absolute Gasteiger partial charge is 0.495 e. The van der Waals surface area contributed by atoms with Gasteiger partial charge < -0.3 is 24.7 Å².